The average molecular weight is 638 g/mol. The molecule has 0 radical (unpaired) electrons. The number of esters is 1. The van der Waals surface area contributed by atoms with Gasteiger partial charge in [-0.05, 0) is 49.8 Å². The fourth-order valence-electron chi connectivity index (χ4n) is 5.22. The zero-order valence-electron chi connectivity index (χ0n) is 25.8. The summed E-state index contributed by atoms with van der Waals surface area (Å²) in [4.78, 5) is 46.6. The Balaban J connectivity index is 1.53. The molecule has 0 spiro atoms. The van der Waals surface area contributed by atoms with Gasteiger partial charge in [-0.25, -0.2) is 9.79 Å². The Morgan fingerprint density at radius 2 is 1.78 bits per heavy atom. The zero-order valence-corrected chi connectivity index (χ0v) is 26.6. The first-order chi connectivity index (χ1) is 21.8. The Hall–Kier alpha value is -4.62. The van der Waals surface area contributed by atoms with Gasteiger partial charge in [-0.2, -0.15) is 0 Å². The van der Waals surface area contributed by atoms with Gasteiger partial charge in [0.05, 0.1) is 57.0 Å². The molecule has 1 saturated heterocycles. The molecule has 5 rings (SSSR count). The molecule has 2 aliphatic rings. The fraction of sp³-hybridized carbons (Fsp3) is 0.375. The maximum Gasteiger partial charge on any atom is 0.338 e. The molecule has 0 saturated carbocycles. The van der Waals surface area contributed by atoms with Gasteiger partial charge in [0.1, 0.15) is 17.5 Å². The van der Waals surface area contributed by atoms with Gasteiger partial charge >= 0.3 is 5.97 Å². The number of amides is 1. The van der Waals surface area contributed by atoms with Crippen LogP contribution in [0, 0.1) is 0 Å². The largest absolute Gasteiger partial charge is 0.497 e. The molecule has 1 fully saturated rings. The van der Waals surface area contributed by atoms with Gasteiger partial charge in [-0.1, -0.05) is 17.4 Å². The summed E-state index contributed by atoms with van der Waals surface area (Å²) in [6, 6.07) is 9.56. The molecule has 1 amide bonds. The maximum atomic E-state index is 14.0. The Bertz CT molecular complexity index is 1800. The van der Waals surface area contributed by atoms with Crippen LogP contribution in [0.2, 0.25) is 0 Å². The van der Waals surface area contributed by atoms with Crippen LogP contribution in [0.15, 0.2) is 57.5 Å². The maximum absolute atomic E-state index is 14.0. The second kappa shape index (κ2) is 14.0. The third kappa shape index (κ3) is 6.59. The van der Waals surface area contributed by atoms with Gasteiger partial charge in [0.15, 0.2) is 22.9 Å². The quantitative estimate of drug-likeness (QED) is 0.307. The summed E-state index contributed by atoms with van der Waals surface area (Å²) in [6.07, 6.45) is 1.72. The van der Waals surface area contributed by atoms with Crippen molar-refractivity contribution in [1.29, 1.82) is 0 Å². The van der Waals surface area contributed by atoms with Crippen molar-refractivity contribution in [3.05, 3.63) is 78.5 Å². The molecule has 3 aromatic rings. The number of morpholine rings is 1. The molecule has 3 heterocycles. The van der Waals surface area contributed by atoms with Crippen LogP contribution in [0.25, 0.3) is 6.08 Å². The molecule has 1 aromatic heterocycles. The first-order valence-corrected chi connectivity index (χ1v) is 15.2. The van der Waals surface area contributed by atoms with Crippen molar-refractivity contribution in [3.8, 4) is 23.0 Å². The molecular formula is C32H35N3O9S. The highest BCUT2D eigenvalue weighted by Crippen LogP contribution is 2.37. The summed E-state index contributed by atoms with van der Waals surface area (Å²) >= 11 is 1.20. The highest BCUT2D eigenvalue weighted by atomic mass is 32.1. The molecule has 0 N–H and O–H groups in total. The second-order valence-corrected chi connectivity index (χ2v) is 11.1. The van der Waals surface area contributed by atoms with E-state index in [4.69, 9.17) is 28.4 Å². The monoisotopic (exact) mass is 637 g/mol. The number of fused-ring (bicyclic) bond motifs is 1. The van der Waals surface area contributed by atoms with E-state index in [2.05, 4.69) is 4.99 Å². The van der Waals surface area contributed by atoms with Crippen molar-refractivity contribution in [2.75, 3.05) is 60.8 Å². The summed E-state index contributed by atoms with van der Waals surface area (Å²) < 4.78 is 34.9. The third-order valence-corrected chi connectivity index (χ3v) is 8.44. The van der Waals surface area contributed by atoms with E-state index in [9.17, 15) is 14.4 Å². The van der Waals surface area contributed by atoms with Gasteiger partial charge in [0, 0.05) is 24.7 Å². The van der Waals surface area contributed by atoms with Crippen molar-refractivity contribution >= 4 is 29.3 Å². The van der Waals surface area contributed by atoms with Gasteiger partial charge in [0.2, 0.25) is 0 Å². The van der Waals surface area contributed by atoms with Crippen LogP contribution in [0.5, 0.6) is 23.0 Å². The first kappa shape index (κ1) is 31.8. The van der Waals surface area contributed by atoms with Gasteiger partial charge in [0.25, 0.3) is 11.5 Å². The van der Waals surface area contributed by atoms with Crippen molar-refractivity contribution in [1.82, 2.24) is 9.47 Å². The van der Waals surface area contributed by atoms with Crippen LogP contribution in [-0.2, 0) is 19.1 Å². The zero-order chi connectivity index (χ0) is 32.1. The van der Waals surface area contributed by atoms with E-state index in [-0.39, 0.29) is 30.3 Å². The molecule has 12 nitrogen and oxygen atoms in total. The topological polar surface area (TPSA) is 127 Å². The molecule has 2 aliphatic heterocycles. The number of hydrogen-bond acceptors (Lipinski definition) is 11. The minimum Gasteiger partial charge on any atom is -0.497 e. The lowest BCUT2D eigenvalue weighted by Gasteiger charge is -2.26. The second-order valence-electron chi connectivity index (χ2n) is 10.1. The summed E-state index contributed by atoms with van der Waals surface area (Å²) in [5, 5.41) is 0. The van der Waals surface area contributed by atoms with E-state index in [1.807, 2.05) is 0 Å². The Labute approximate surface area is 263 Å². The lowest BCUT2D eigenvalue weighted by atomic mass is 9.95. The van der Waals surface area contributed by atoms with Crippen LogP contribution in [-0.4, -0.2) is 82.2 Å². The van der Waals surface area contributed by atoms with Crippen molar-refractivity contribution in [3.63, 3.8) is 0 Å². The number of ether oxygens (including phenoxy) is 6. The molecule has 45 heavy (non-hydrogen) atoms. The summed E-state index contributed by atoms with van der Waals surface area (Å²) in [5.41, 5.74) is 1.60. The standard InChI is InChI=1S/C32H35N3O9S/c1-6-43-31(38)28-19(2)33-32-35(29(28)22-9-8-21(39-3)17-24(22)40-4)30(37)26(45-32)16-20-7-10-23(25(15-20)41-5)44-18-27(36)34-11-13-42-14-12-34/h7-10,15-17,29H,6,11-14,18H2,1-5H3/b26-16+/t29-/m0/s1. The molecule has 13 heteroatoms. The average Bonchev–Trinajstić information content (AvgIpc) is 3.36. The van der Waals surface area contributed by atoms with Crippen molar-refractivity contribution < 1.29 is 38.0 Å². The molecule has 2 aromatic carbocycles. The van der Waals surface area contributed by atoms with E-state index in [1.165, 1.54) is 30.1 Å². The van der Waals surface area contributed by atoms with E-state index in [0.29, 0.717) is 75.5 Å². The fourth-order valence-corrected chi connectivity index (χ4v) is 6.26. The molecule has 0 bridgehead atoms. The van der Waals surface area contributed by atoms with E-state index >= 15 is 0 Å². The highest BCUT2D eigenvalue weighted by molar-refractivity contribution is 7.07. The number of benzene rings is 2. The van der Waals surface area contributed by atoms with Crippen LogP contribution in [0.1, 0.15) is 31.0 Å². The molecule has 0 aliphatic carbocycles. The van der Waals surface area contributed by atoms with Crippen LogP contribution < -0.4 is 33.8 Å². The Morgan fingerprint density at radius 3 is 2.47 bits per heavy atom. The van der Waals surface area contributed by atoms with Crippen LogP contribution in [0.3, 0.4) is 0 Å². The van der Waals surface area contributed by atoms with E-state index in [1.54, 1.807) is 68.3 Å². The number of methoxy groups -OCH3 is 3. The summed E-state index contributed by atoms with van der Waals surface area (Å²) in [6.45, 7) is 5.55. The van der Waals surface area contributed by atoms with E-state index in [0.717, 1.165) is 0 Å². The van der Waals surface area contributed by atoms with Crippen molar-refractivity contribution in [2.24, 2.45) is 4.99 Å². The number of allylic oxidation sites excluding steroid dienone is 1. The number of thiazole rings is 1. The predicted octanol–water partition coefficient (Wildman–Crippen LogP) is 2.06. The molecular weight excluding hydrogens is 602 g/mol. The van der Waals surface area contributed by atoms with Crippen LogP contribution >= 0.6 is 11.3 Å². The number of hydrogen-bond donors (Lipinski definition) is 0. The smallest absolute Gasteiger partial charge is 0.338 e. The Morgan fingerprint density at radius 1 is 1.02 bits per heavy atom. The number of nitrogens with zero attached hydrogens (tertiary/aromatic N) is 3. The van der Waals surface area contributed by atoms with Gasteiger partial charge in [-0.3, -0.25) is 14.2 Å². The number of carbonyl (C=O) groups excluding carboxylic acids is 2. The van der Waals surface area contributed by atoms with Gasteiger partial charge in [-0.15, -0.1) is 0 Å². The highest BCUT2D eigenvalue weighted by Gasteiger charge is 2.35. The number of rotatable bonds is 10. The van der Waals surface area contributed by atoms with E-state index < -0.39 is 12.0 Å². The molecule has 1 atom stereocenters. The minimum absolute atomic E-state index is 0.133. The number of carbonyl (C=O) groups is 2. The third-order valence-electron chi connectivity index (χ3n) is 7.45. The normalized spacial score (nSPS) is 16.5. The van der Waals surface area contributed by atoms with Crippen LogP contribution in [0.4, 0.5) is 0 Å². The SMILES string of the molecule is CCOC(=O)C1=C(C)N=c2s/c(=C/c3ccc(OCC(=O)N4CCOCC4)c(OC)c3)c(=O)n2[C@H]1c1ccc(OC)cc1OC. The van der Waals surface area contributed by atoms with Gasteiger partial charge < -0.3 is 33.3 Å². The minimum atomic E-state index is -0.849. The lowest BCUT2D eigenvalue weighted by molar-refractivity contribution is -0.139. The number of aromatic nitrogens is 1. The summed E-state index contributed by atoms with van der Waals surface area (Å²) in [5.74, 6) is 1.12. The predicted molar refractivity (Wildman–Crippen MR) is 166 cm³/mol. The lowest BCUT2D eigenvalue weighted by Crippen LogP contribution is -2.43. The summed E-state index contributed by atoms with van der Waals surface area (Å²) in [7, 11) is 4.57. The molecule has 0 unspecified atom stereocenters. The first-order valence-electron chi connectivity index (χ1n) is 14.4. The molecule has 238 valence electrons. The Kier molecular flexibility index (Phi) is 9.89. The van der Waals surface area contributed by atoms with Crippen molar-refractivity contribution in [2.45, 2.75) is 19.9 Å².